The molecule has 0 amide bonds. The zero-order valence-corrected chi connectivity index (χ0v) is 15.8. The van der Waals surface area contributed by atoms with E-state index in [1.165, 1.54) is 18.6 Å². The summed E-state index contributed by atoms with van der Waals surface area (Å²) in [6.45, 7) is 5.88. The number of halogens is 1. The van der Waals surface area contributed by atoms with Crippen LogP contribution in [0.15, 0.2) is 35.2 Å². The standard InChI is InChI=1S/C17H21ClN4O2S/c1-12-4-3-9-22(11-12)17-8-7-16(19-20-17)21-25(23,24)14-5-6-15(18)13(2)10-14/h5-8,10,12H,3-4,9,11H2,1-2H3,(H,19,21). The van der Waals surface area contributed by atoms with Gasteiger partial charge in [-0.15, -0.1) is 10.2 Å². The number of nitrogens with one attached hydrogen (secondary N) is 1. The monoisotopic (exact) mass is 380 g/mol. The van der Waals surface area contributed by atoms with Crippen LogP contribution in [-0.4, -0.2) is 31.7 Å². The first kappa shape index (κ1) is 17.9. The van der Waals surface area contributed by atoms with Crippen LogP contribution >= 0.6 is 11.6 Å². The second kappa shape index (κ2) is 7.17. The van der Waals surface area contributed by atoms with E-state index < -0.39 is 10.0 Å². The summed E-state index contributed by atoms with van der Waals surface area (Å²) < 4.78 is 27.4. The van der Waals surface area contributed by atoms with Gasteiger partial charge in [0.1, 0.15) is 0 Å². The van der Waals surface area contributed by atoms with Gasteiger partial charge in [-0.25, -0.2) is 8.42 Å². The Morgan fingerprint density at radius 1 is 1.24 bits per heavy atom. The molecule has 25 heavy (non-hydrogen) atoms. The molecule has 1 N–H and O–H groups in total. The number of piperidine rings is 1. The van der Waals surface area contributed by atoms with Crippen molar-refractivity contribution in [3.05, 3.63) is 40.9 Å². The molecule has 0 spiro atoms. The van der Waals surface area contributed by atoms with Crippen LogP contribution < -0.4 is 9.62 Å². The van der Waals surface area contributed by atoms with Crippen LogP contribution in [0.1, 0.15) is 25.3 Å². The fourth-order valence-electron chi connectivity index (χ4n) is 2.93. The Hall–Kier alpha value is -1.86. The first-order chi connectivity index (χ1) is 11.8. The van der Waals surface area contributed by atoms with Crippen LogP contribution in [0.2, 0.25) is 5.02 Å². The number of benzene rings is 1. The molecule has 2 heterocycles. The lowest BCUT2D eigenvalue weighted by Gasteiger charge is -2.31. The number of hydrogen-bond acceptors (Lipinski definition) is 5. The highest BCUT2D eigenvalue weighted by molar-refractivity contribution is 7.92. The lowest BCUT2D eigenvalue weighted by atomic mass is 10.0. The Bertz CT molecular complexity index is 855. The van der Waals surface area contributed by atoms with Crippen molar-refractivity contribution >= 4 is 33.3 Å². The quantitative estimate of drug-likeness (QED) is 0.878. The van der Waals surface area contributed by atoms with E-state index in [0.717, 1.165) is 25.3 Å². The molecule has 2 aromatic rings. The Morgan fingerprint density at radius 2 is 2.04 bits per heavy atom. The molecule has 1 aliphatic rings. The fourth-order valence-corrected chi connectivity index (χ4v) is 4.13. The summed E-state index contributed by atoms with van der Waals surface area (Å²) in [7, 11) is -3.72. The molecule has 1 atom stereocenters. The zero-order valence-electron chi connectivity index (χ0n) is 14.2. The van der Waals surface area contributed by atoms with Gasteiger partial charge in [0.05, 0.1) is 4.90 Å². The van der Waals surface area contributed by atoms with Crippen LogP contribution in [-0.2, 0) is 10.0 Å². The third-order valence-electron chi connectivity index (χ3n) is 4.31. The highest BCUT2D eigenvalue weighted by Crippen LogP contribution is 2.23. The topological polar surface area (TPSA) is 75.2 Å². The van der Waals surface area contributed by atoms with Gasteiger partial charge in [0.25, 0.3) is 10.0 Å². The van der Waals surface area contributed by atoms with Crippen LogP contribution in [0.25, 0.3) is 0 Å². The Balaban J connectivity index is 1.75. The molecule has 3 rings (SSSR count). The molecule has 1 saturated heterocycles. The highest BCUT2D eigenvalue weighted by Gasteiger charge is 2.19. The van der Waals surface area contributed by atoms with E-state index in [-0.39, 0.29) is 10.7 Å². The molecule has 134 valence electrons. The maximum atomic E-state index is 12.5. The van der Waals surface area contributed by atoms with Gasteiger partial charge in [0.15, 0.2) is 11.6 Å². The molecule has 6 nitrogen and oxygen atoms in total. The van der Waals surface area contributed by atoms with Crippen molar-refractivity contribution in [3.63, 3.8) is 0 Å². The maximum absolute atomic E-state index is 12.5. The summed E-state index contributed by atoms with van der Waals surface area (Å²) >= 11 is 5.95. The van der Waals surface area contributed by atoms with E-state index in [1.54, 1.807) is 25.1 Å². The molecule has 1 aromatic carbocycles. The minimum absolute atomic E-state index is 0.144. The number of nitrogens with zero attached hydrogens (tertiary/aromatic N) is 3. The van der Waals surface area contributed by atoms with Crippen molar-refractivity contribution in [2.24, 2.45) is 5.92 Å². The van der Waals surface area contributed by atoms with E-state index in [2.05, 4.69) is 26.7 Å². The average Bonchev–Trinajstić information content (AvgIpc) is 2.57. The van der Waals surface area contributed by atoms with Crippen LogP contribution in [0.5, 0.6) is 0 Å². The minimum atomic E-state index is -3.72. The third kappa shape index (κ3) is 4.22. The van der Waals surface area contributed by atoms with Crippen molar-refractivity contribution in [2.45, 2.75) is 31.6 Å². The van der Waals surface area contributed by atoms with E-state index in [1.807, 2.05) is 0 Å². The zero-order chi connectivity index (χ0) is 18.0. The molecular weight excluding hydrogens is 360 g/mol. The SMILES string of the molecule is Cc1cc(S(=O)(=O)Nc2ccc(N3CCCC(C)C3)nn2)ccc1Cl. The summed E-state index contributed by atoms with van der Waals surface area (Å²) in [5.74, 6) is 1.60. The van der Waals surface area contributed by atoms with Crippen LogP contribution in [0, 0.1) is 12.8 Å². The van der Waals surface area contributed by atoms with Crippen molar-refractivity contribution < 1.29 is 8.42 Å². The Labute approximate surface area is 153 Å². The van der Waals surface area contributed by atoms with Gasteiger partial charge >= 0.3 is 0 Å². The Morgan fingerprint density at radius 3 is 2.68 bits per heavy atom. The van der Waals surface area contributed by atoms with Crippen LogP contribution in [0.4, 0.5) is 11.6 Å². The van der Waals surface area contributed by atoms with E-state index in [4.69, 9.17) is 11.6 Å². The summed E-state index contributed by atoms with van der Waals surface area (Å²) in [5, 5.41) is 8.72. The van der Waals surface area contributed by atoms with Gasteiger partial charge in [-0.3, -0.25) is 4.72 Å². The number of hydrogen-bond donors (Lipinski definition) is 1. The highest BCUT2D eigenvalue weighted by atomic mass is 35.5. The molecule has 1 aromatic heterocycles. The molecule has 0 bridgehead atoms. The molecule has 1 unspecified atom stereocenters. The van der Waals surface area contributed by atoms with Gasteiger partial charge < -0.3 is 4.90 Å². The first-order valence-corrected chi connectivity index (χ1v) is 10.1. The molecule has 1 fully saturated rings. The van der Waals surface area contributed by atoms with Gasteiger partial charge in [-0.1, -0.05) is 18.5 Å². The van der Waals surface area contributed by atoms with Crippen molar-refractivity contribution in [2.75, 3.05) is 22.7 Å². The number of anilines is 2. The van der Waals surface area contributed by atoms with Crippen molar-refractivity contribution in [1.82, 2.24) is 10.2 Å². The van der Waals surface area contributed by atoms with Gasteiger partial charge in [-0.05, 0) is 61.6 Å². The number of rotatable bonds is 4. The van der Waals surface area contributed by atoms with Crippen LogP contribution in [0.3, 0.4) is 0 Å². The summed E-state index contributed by atoms with van der Waals surface area (Å²) in [5.41, 5.74) is 0.699. The molecule has 0 aliphatic carbocycles. The summed E-state index contributed by atoms with van der Waals surface area (Å²) in [4.78, 5) is 2.33. The molecule has 0 saturated carbocycles. The normalized spacial score (nSPS) is 18.2. The second-order valence-electron chi connectivity index (χ2n) is 6.49. The molecule has 0 radical (unpaired) electrons. The smallest absolute Gasteiger partial charge is 0.263 e. The predicted molar refractivity (Wildman–Crippen MR) is 99.6 cm³/mol. The van der Waals surface area contributed by atoms with E-state index in [9.17, 15) is 8.42 Å². The minimum Gasteiger partial charge on any atom is -0.355 e. The van der Waals surface area contributed by atoms with Crippen molar-refractivity contribution in [1.29, 1.82) is 0 Å². The van der Waals surface area contributed by atoms with E-state index in [0.29, 0.717) is 16.5 Å². The fraction of sp³-hybridized carbons (Fsp3) is 0.412. The lowest BCUT2D eigenvalue weighted by Crippen LogP contribution is -2.34. The van der Waals surface area contributed by atoms with E-state index >= 15 is 0 Å². The summed E-state index contributed by atoms with van der Waals surface area (Å²) in [6, 6.07) is 8.01. The number of sulfonamides is 1. The van der Waals surface area contributed by atoms with Gasteiger partial charge in [0.2, 0.25) is 0 Å². The lowest BCUT2D eigenvalue weighted by molar-refractivity contribution is 0.444. The predicted octanol–water partition coefficient (Wildman–Crippen LogP) is 3.48. The van der Waals surface area contributed by atoms with Crippen molar-refractivity contribution in [3.8, 4) is 0 Å². The third-order valence-corrected chi connectivity index (χ3v) is 6.09. The second-order valence-corrected chi connectivity index (χ2v) is 8.58. The average molecular weight is 381 g/mol. The summed E-state index contributed by atoms with van der Waals surface area (Å²) in [6.07, 6.45) is 2.36. The molecule has 1 aliphatic heterocycles. The van der Waals surface area contributed by atoms with Gasteiger partial charge in [-0.2, -0.15) is 0 Å². The number of aromatic nitrogens is 2. The Kier molecular flexibility index (Phi) is 5.15. The number of aryl methyl sites for hydroxylation is 1. The molecule has 8 heteroatoms. The maximum Gasteiger partial charge on any atom is 0.263 e. The molecular formula is C17H21ClN4O2S. The largest absolute Gasteiger partial charge is 0.355 e. The first-order valence-electron chi connectivity index (χ1n) is 8.23. The van der Waals surface area contributed by atoms with Gasteiger partial charge in [0, 0.05) is 18.1 Å².